The molecule has 1 aromatic carbocycles. The van der Waals surface area contributed by atoms with Crippen LogP contribution in [-0.4, -0.2) is 17.5 Å². The Hall–Kier alpha value is -0.830. The van der Waals surface area contributed by atoms with Gasteiger partial charge in [0.1, 0.15) is 0 Å². The largest absolute Gasteiger partial charge is 0.397 e. The van der Waals surface area contributed by atoms with E-state index in [1.54, 1.807) is 0 Å². The lowest BCUT2D eigenvalue weighted by Gasteiger charge is -2.22. The molecule has 1 saturated heterocycles. The number of anilines is 2. The Morgan fingerprint density at radius 3 is 3.00 bits per heavy atom. The minimum Gasteiger partial charge on any atom is -0.397 e. The summed E-state index contributed by atoms with van der Waals surface area (Å²) in [4.78, 5) is 0. The van der Waals surface area contributed by atoms with Gasteiger partial charge >= 0.3 is 0 Å². The molecule has 0 amide bonds. The van der Waals surface area contributed by atoms with Crippen LogP contribution >= 0.6 is 11.8 Å². The number of hydrogen-bond acceptors (Lipinski definition) is 3. The number of nitrogen functional groups attached to an aromatic ring is 1. The van der Waals surface area contributed by atoms with Gasteiger partial charge in [0.25, 0.3) is 0 Å². The Labute approximate surface area is 102 Å². The molecule has 0 bridgehead atoms. The van der Waals surface area contributed by atoms with E-state index in [4.69, 9.17) is 5.73 Å². The molecule has 0 saturated carbocycles. The molecule has 16 heavy (non-hydrogen) atoms. The predicted octanol–water partition coefficient (Wildman–Crippen LogP) is 3.27. The van der Waals surface area contributed by atoms with Crippen molar-refractivity contribution in [2.24, 2.45) is 0 Å². The zero-order valence-electron chi connectivity index (χ0n) is 9.83. The van der Waals surface area contributed by atoms with Crippen LogP contribution in [0.5, 0.6) is 0 Å². The maximum absolute atomic E-state index is 5.97. The van der Waals surface area contributed by atoms with E-state index in [1.807, 2.05) is 6.07 Å². The van der Waals surface area contributed by atoms with E-state index in [0.717, 1.165) is 23.2 Å². The van der Waals surface area contributed by atoms with Crippen LogP contribution in [-0.2, 0) is 0 Å². The van der Waals surface area contributed by atoms with Crippen molar-refractivity contribution in [3.05, 3.63) is 23.8 Å². The second-order valence-corrected chi connectivity index (χ2v) is 5.87. The molecule has 1 fully saturated rings. The summed E-state index contributed by atoms with van der Waals surface area (Å²) in [7, 11) is 0. The molecule has 88 valence electrons. The molecule has 2 nitrogen and oxygen atoms in total. The normalized spacial score (nSPS) is 20.7. The summed E-state index contributed by atoms with van der Waals surface area (Å²) in [6.45, 7) is 3.11. The van der Waals surface area contributed by atoms with Gasteiger partial charge in [-0.05, 0) is 43.2 Å². The van der Waals surface area contributed by atoms with Crippen LogP contribution in [0.2, 0.25) is 0 Å². The van der Waals surface area contributed by atoms with Crippen molar-refractivity contribution >= 4 is 23.1 Å². The molecule has 0 radical (unpaired) electrons. The Kier molecular flexibility index (Phi) is 3.99. The standard InChI is InChI=1S/C13H20N2S/c1-10-5-6-13(12(14)8-10)15-9-11-4-2-3-7-16-11/h5-6,8,11,15H,2-4,7,9,14H2,1H3. The zero-order valence-corrected chi connectivity index (χ0v) is 10.6. The van der Waals surface area contributed by atoms with Gasteiger partial charge in [0, 0.05) is 11.8 Å². The molecular formula is C13H20N2S. The van der Waals surface area contributed by atoms with Crippen molar-refractivity contribution in [1.29, 1.82) is 0 Å². The predicted molar refractivity (Wildman–Crippen MR) is 74.2 cm³/mol. The fourth-order valence-corrected chi connectivity index (χ4v) is 3.27. The van der Waals surface area contributed by atoms with Crippen LogP contribution in [0.1, 0.15) is 24.8 Å². The molecule has 0 aliphatic carbocycles. The van der Waals surface area contributed by atoms with Gasteiger partial charge in [0.05, 0.1) is 11.4 Å². The number of nitrogens with one attached hydrogen (secondary N) is 1. The van der Waals surface area contributed by atoms with Crippen molar-refractivity contribution in [1.82, 2.24) is 0 Å². The first kappa shape index (κ1) is 11.6. The highest BCUT2D eigenvalue weighted by Crippen LogP contribution is 2.26. The van der Waals surface area contributed by atoms with Gasteiger partial charge in [-0.15, -0.1) is 0 Å². The van der Waals surface area contributed by atoms with E-state index in [1.165, 1.54) is 30.6 Å². The second-order valence-electron chi connectivity index (χ2n) is 4.46. The van der Waals surface area contributed by atoms with Crippen LogP contribution in [0.3, 0.4) is 0 Å². The average Bonchev–Trinajstić information content (AvgIpc) is 2.29. The molecule has 3 heteroatoms. The SMILES string of the molecule is Cc1ccc(NCC2CCCCS2)c(N)c1. The summed E-state index contributed by atoms with van der Waals surface area (Å²) in [5, 5.41) is 4.22. The Morgan fingerprint density at radius 2 is 2.31 bits per heavy atom. The molecule has 1 aliphatic heterocycles. The van der Waals surface area contributed by atoms with Gasteiger partial charge in [-0.1, -0.05) is 12.5 Å². The van der Waals surface area contributed by atoms with E-state index >= 15 is 0 Å². The molecule has 1 aliphatic rings. The first-order valence-corrected chi connectivity index (χ1v) is 7.02. The number of rotatable bonds is 3. The highest BCUT2D eigenvalue weighted by molar-refractivity contribution is 7.99. The van der Waals surface area contributed by atoms with Crippen molar-refractivity contribution in [2.45, 2.75) is 31.4 Å². The maximum atomic E-state index is 5.97. The van der Waals surface area contributed by atoms with E-state index in [9.17, 15) is 0 Å². The van der Waals surface area contributed by atoms with Crippen LogP contribution < -0.4 is 11.1 Å². The summed E-state index contributed by atoms with van der Waals surface area (Å²) >= 11 is 2.09. The summed E-state index contributed by atoms with van der Waals surface area (Å²) in [5.74, 6) is 1.32. The summed E-state index contributed by atoms with van der Waals surface area (Å²) in [6.07, 6.45) is 4.10. The molecule has 0 aromatic heterocycles. The van der Waals surface area contributed by atoms with Crippen LogP contribution in [0.15, 0.2) is 18.2 Å². The van der Waals surface area contributed by atoms with Crippen LogP contribution in [0.4, 0.5) is 11.4 Å². The van der Waals surface area contributed by atoms with Crippen LogP contribution in [0, 0.1) is 6.92 Å². The molecule has 3 N–H and O–H groups in total. The Morgan fingerprint density at radius 1 is 1.44 bits per heavy atom. The van der Waals surface area contributed by atoms with Gasteiger partial charge in [0.2, 0.25) is 0 Å². The third kappa shape index (κ3) is 3.08. The molecule has 0 spiro atoms. The van der Waals surface area contributed by atoms with Crippen molar-refractivity contribution in [3.8, 4) is 0 Å². The van der Waals surface area contributed by atoms with Gasteiger partial charge in [-0.2, -0.15) is 11.8 Å². The van der Waals surface area contributed by atoms with Crippen LogP contribution in [0.25, 0.3) is 0 Å². The fourth-order valence-electron chi connectivity index (χ4n) is 2.04. The van der Waals surface area contributed by atoms with Crippen molar-refractivity contribution < 1.29 is 0 Å². The Bertz CT molecular complexity index is 346. The quantitative estimate of drug-likeness (QED) is 0.791. The highest BCUT2D eigenvalue weighted by atomic mass is 32.2. The second kappa shape index (κ2) is 5.48. The van der Waals surface area contributed by atoms with E-state index in [2.05, 4.69) is 36.1 Å². The smallest absolute Gasteiger partial charge is 0.0574 e. The molecule has 1 heterocycles. The van der Waals surface area contributed by atoms with E-state index in [-0.39, 0.29) is 0 Å². The van der Waals surface area contributed by atoms with Gasteiger partial charge < -0.3 is 11.1 Å². The lowest BCUT2D eigenvalue weighted by Crippen LogP contribution is -2.20. The fraction of sp³-hybridized carbons (Fsp3) is 0.538. The minimum atomic E-state index is 0.759. The lowest BCUT2D eigenvalue weighted by molar-refractivity contribution is 0.677. The highest BCUT2D eigenvalue weighted by Gasteiger charge is 2.13. The number of nitrogens with two attached hydrogens (primary N) is 1. The van der Waals surface area contributed by atoms with Gasteiger partial charge in [0.15, 0.2) is 0 Å². The lowest BCUT2D eigenvalue weighted by atomic mass is 10.1. The third-order valence-electron chi connectivity index (χ3n) is 3.00. The topological polar surface area (TPSA) is 38.0 Å². The Balaban J connectivity index is 1.88. The van der Waals surface area contributed by atoms with Gasteiger partial charge in [-0.25, -0.2) is 0 Å². The molecule has 1 unspecified atom stereocenters. The van der Waals surface area contributed by atoms with Crippen molar-refractivity contribution in [2.75, 3.05) is 23.3 Å². The maximum Gasteiger partial charge on any atom is 0.0574 e. The number of hydrogen-bond donors (Lipinski definition) is 2. The number of benzene rings is 1. The molecular weight excluding hydrogens is 216 g/mol. The molecule has 1 aromatic rings. The molecule has 1 atom stereocenters. The first-order valence-electron chi connectivity index (χ1n) is 5.97. The number of aryl methyl sites for hydroxylation is 1. The summed E-state index contributed by atoms with van der Waals surface area (Å²) < 4.78 is 0. The van der Waals surface area contributed by atoms with E-state index < -0.39 is 0 Å². The van der Waals surface area contributed by atoms with E-state index in [0.29, 0.717) is 0 Å². The van der Waals surface area contributed by atoms with Gasteiger partial charge in [-0.3, -0.25) is 0 Å². The van der Waals surface area contributed by atoms with Crippen molar-refractivity contribution in [3.63, 3.8) is 0 Å². The number of thioether (sulfide) groups is 1. The monoisotopic (exact) mass is 236 g/mol. The summed E-state index contributed by atoms with van der Waals surface area (Å²) in [5.41, 5.74) is 9.13. The minimum absolute atomic E-state index is 0.759. The molecule has 2 rings (SSSR count). The average molecular weight is 236 g/mol. The summed E-state index contributed by atoms with van der Waals surface area (Å²) in [6, 6.07) is 6.21. The first-order chi connectivity index (χ1) is 7.75. The zero-order chi connectivity index (χ0) is 11.4. The third-order valence-corrected chi connectivity index (χ3v) is 4.40.